The van der Waals surface area contributed by atoms with Gasteiger partial charge in [0.05, 0.1) is 0 Å². The van der Waals surface area contributed by atoms with E-state index in [-0.39, 0.29) is 35.9 Å². The minimum Gasteiger partial charge on any atom is -0.341 e. The van der Waals surface area contributed by atoms with E-state index in [1.165, 1.54) is 0 Å². The molecule has 0 aliphatic heterocycles. The first-order valence-corrected chi connectivity index (χ1v) is 3.13. The molecular formula is C8H18CuLi. The van der Waals surface area contributed by atoms with Crippen molar-refractivity contribution in [3.05, 3.63) is 13.8 Å². The molecule has 0 heterocycles. The van der Waals surface area contributed by atoms with Crippen LogP contribution in [0, 0.1) is 25.7 Å². The van der Waals surface area contributed by atoms with Crippen molar-refractivity contribution in [3.63, 3.8) is 0 Å². The Hall–Kier alpha value is 1.12. The SMILES string of the molecule is [CH2-]C(C)C.[CH2-]C(C)C.[Cu+2].[Li]. The molecule has 0 nitrogen and oxygen atoms in total. The molecule has 0 rings (SSSR count). The van der Waals surface area contributed by atoms with Crippen LogP contribution in [0.2, 0.25) is 0 Å². The van der Waals surface area contributed by atoms with E-state index in [4.69, 9.17) is 0 Å². The van der Waals surface area contributed by atoms with Gasteiger partial charge in [0.25, 0.3) is 0 Å². The molecule has 2 radical (unpaired) electrons. The Morgan fingerprint density at radius 1 is 0.800 bits per heavy atom. The molecule has 0 aliphatic carbocycles. The molecule has 62 valence electrons. The van der Waals surface area contributed by atoms with Crippen LogP contribution in [0.3, 0.4) is 0 Å². The minimum absolute atomic E-state index is 0. The third-order valence-electron chi connectivity index (χ3n) is 0. The molecule has 0 saturated carbocycles. The first-order valence-electron chi connectivity index (χ1n) is 3.13. The zero-order valence-corrected chi connectivity index (χ0v) is 8.81. The van der Waals surface area contributed by atoms with Gasteiger partial charge in [0.15, 0.2) is 0 Å². The standard InChI is InChI=1S/2C4H9.Cu.Li/c2*1-4(2)3;;/h2*4H,1H2,2-3H3;;/q2*-1;+2;. The summed E-state index contributed by atoms with van der Waals surface area (Å²) >= 11 is 0. The summed E-state index contributed by atoms with van der Waals surface area (Å²) in [6.45, 7) is 15.5. The van der Waals surface area contributed by atoms with Gasteiger partial charge in [-0.3, -0.25) is 0 Å². The first kappa shape index (κ1) is 22.5. The summed E-state index contributed by atoms with van der Waals surface area (Å²) < 4.78 is 0. The van der Waals surface area contributed by atoms with Crippen LogP contribution in [0.4, 0.5) is 0 Å². The Balaban J connectivity index is -0.0000000300. The third kappa shape index (κ3) is 482. The van der Waals surface area contributed by atoms with Gasteiger partial charge in [0.2, 0.25) is 0 Å². The molecule has 0 fully saturated rings. The van der Waals surface area contributed by atoms with Crippen LogP contribution in [-0.2, 0) is 17.1 Å². The fourth-order valence-corrected chi connectivity index (χ4v) is 0. The minimum atomic E-state index is 0. The Morgan fingerprint density at radius 3 is 0.800 bits per heavy atom. The maximum Gasteiger partial charge on any atom is 2.00 e. The Labute approximate surface area is 89.2 Å². The predicted molar refractivity (Wildman–Crippen MR) is 46.1 cm³/mol. The Kier molecular flexibility index (Phi) is 37.3. The molecule has 0 spiro atoms. The largest absolute Gasteiger partial charge is 2.00 e. The fourth-order valence-electron chi connectivity index (χ4n) is 0. The quantitative estimate of drug-likeness (QED) is 0.401. The van der Waals surface area contributed by atoms with Crippen LogP contribution in [0.15, 0.2) is 0 Å². The van der Waals surface area contributed by atoms with E-state index in [0.717, 1.165) is 0 Å². The van der Waals surface area contributed by atoms with E-state index in [1.807, 2.05) is 0 Å². The van der Waals surface area contributed by atoms with Gasteiger partial charge in [-0.25, -0.2) is 0 Å². The summed E-state index contributed by atoms with van der Waals surface area (Å²) in [7, 11) is 0. The zero-order valence-electron chi connectivity index (χ0n) is 7.87. The summed E-state index contributed by atoms with van der Waals surface area (Å²) in [6.07, 6.45) is 0. The van der Waals surface area contributed by atoms with Gasteiger partial charge in [-0.05, 0) is 0 Å². The van der Waals surface area contributed by atoms with E-state index in [2.05, 4.69) is 41.5 Å². The Morgan fingerprint density at radius 2 is 0.800 bits per heavy atom. The molecule has 0 atom stereocenters. The van der Waals surface area contributed by atoms with Crippen molar-refractivity contribution in [3.8, 4) is 0 Å². The van der Waals surface area contributed by atoms with Crippen LogP contribution < -0.4 is 0 Å². The smallest absolute Gasteiger partial charge is 0.341 e. The van der Waals surface area contributed by atoms with E-state index < -0.39 is 0 Å². The van der Waals surface area contributed by atoms with Crippen LogP contribution in [0.25, 0.3) is 0 Å². The van der Waals surface area contributed by atoms with Crippen molar-refractivity contribution in [1.82, 2.24) is 0 Å². The van der Waals surface area contributed by atoms with Gasteiger partial charge in [-0.2, -0.15) is 11.8 Å². The van der Waals surface area contributed by atoms with E-state index in [0.29, 0.717) is 11.8 Å². The van der Waals surface area contributed by atoms with E-state index >= 15 is 0 Å². The van der Waals surface area contributed by atoms with Gasteiger partial charge in [-0.15, -0.1) is 0 Å². The third-order valence-corrected chi connectivity index (χ3v) is 0. The van der Waals surface area contributed by atoms with Crippen molar-refractivity contribution >= 4 is 18.9 Å². The summed E-state index contributed by atoms with van der Waals surface area (Å²) in [5.41, 5.74) is 0. The molecule has 0 aliphatic rings. The molecule has 0 amide bonds. The monoisotopic (exact) mass is 184 g/mol. The summed E-state index contributed by atoms with van der Waals surface area (Å²) in [5, 5.41) is 0. The summed E-state index contributed by atoms with van der Waals surface area (Å²) in [5.74, 6) is 1.17. The molecule has 10 heavy (non-hydrogen) atoms. The molecule has 0 aromatic rings. The normalized spacial score (nSPS) is 7.20. The molecule has 0 saturated heterocycles. The average Bonchev–Trinajstić information content (AvgIpc) is 1.25. The predicted octanol–water partition coefficient (Wildman–Crippen LogP) is 2.57. The van der Waals surface area contributed by atoms with Crippen molar-refractivity contribution in [1.29, 1.82) is 0 Å². The van der Waals surface area contributed by atoms with Gasteiger partial charge < -0.3 is 13.8 Å². The molecule has 0 aromatic heterocycles. The maximum atomic E-state index is 3.64. The molecular weight excluding hydrogens is 167 g/mol. The first-order chi connectivity index (χ1) is 3.46. The van der Waals surface area contributed by atoms with Gasteiger partial charge >= 0.3 is 17.1 Å². The second kappa shape index (κ2) is 16.6. The second-order valence-electron chi connectivity index (χ2n) is 2.79. The van der Waals surface area contributed by atoms with Gasteiger partial charge in [0.1, 0.15) is 0 Å². The maximum absolute atomic E-state index is 3.64. The molecule has 0 unspecified atom stereocenters. The van der Waals surface area contributed by atoms with Crippen molar-refractivity contribution in [2.24, 2.45) is 11.8 Å². The molecule has 0 bridgehead atoms. The van der Waals surface area contributed by atoms with E-state index in [9.17, 15) is 0 Å². The Bertz CT molecular complexity index is 24.7. The number of rotatable bonds is 0. The van der Waals surface area contributed by atoms with Crippen molar-refractivity contribution in [2.75, 3.05) is 0 Å². The number of hydrogen-bond donors (Lipinski definition) is 0. The summed E-state index contributed by atoms with van der Waals surface area (Å²) in [4.78, 5) is 0. The van der Waals surface area contributed by atoms with Crippen LogP contribution in [0.5, 0.6) is 0 Å². The van der Waals surface area contributed by atoms with Crippen LogP contribution in [-0.4, -0.2) is 18.9 Å². The number of hydrogen-bond acceptors (Lipinski definition) is 0. The van der Waals surface area contributed by atoms with Crippen molar-refractivity contribution < 1.29 is 17.1 Å². The van der Waals surface area contributed by atoms with Crippen LogP contribution >= 0.6 is 0 Å². The van der Waals surface area contributed by atoms with E-state index in [1.54, 1.807) is 0 Å². The van der Waals surface area contributed by atoms with Gasteiger partial charge in [-0.1, -0.05) is 27.7 Å². The fraction of sp³-hybridized carbons (Fsp3) is 0.750. The second-order valence-corrected chi connectivity index (χ2v) is 2.79. The van der Waals surface area contributed by atoms with Crippen molar-refractivity contribution in [2.45, 2.75) is 27.7 Å². The molecule has 0 N–H and O–H groups in total. The average molecular weight is 185 g/mol. The van der Waals surface area contributed by atoms with Crippen LogP contribution in [0.1, 0.15) is 27.7 Å². The molecule has 2 heteroatoms. The molecule has 0 aromatic carbocycles. The topological polar surface area (TPSA) is 0 Å². The summed E-state index contributed by atoms with van der Waals surface area (Å²) in [6, 6.07) is 0. The van der Waals surface area contributed by atoms with Gasteiger partial charge in [0, 0.05) is 18.9 Å². The zero-order chi connectivity index (χ0) is 7.15.